The van der Waals surface area contributed by atoms with Crippen molar-refractivity contribution in [3.63, 3.8) is 0 Å². The molecule has 0 saturated heterocycles. The van der Waals surface area contributed by atoms with Crippen LogP contribution in [0.25, 0.3) is 0 Å². The molecular weight excluding hydrogens is 1000 g/mol. The number of carbonyl (C=O) groups excluding carboxylic acids is 3. The summed E-state index contributed by atoms with van der Waals surface area (Å²) in [5, 5.41) is 9.82. The molecule has 0 rings (SSSR count). The highest BCUT2D eigenvalue weighted by atomic mass is 31.2. The van der Waals surface area contributed by atoms with Crippen molar-refractivity contribution in [1.29, 1.82) is 0 Å². The summed E-state index contributed by atoms with van der Waals surface area (Å²) in [6, 6.07) is 0. The molecule has 0 aromatic carbocycles. The predicted octanol–water partition coefficient (Wildman–Crippen LogP) is 19.0. The van der Waals surface area contributed by atoms with E-state index in [1.807, 2.05) is 0 Å². The second-order valence-electron chi connectivity index (χ2n) is 20.8. The number of phosphoric ester groups is 1. The molecule has 0 aliphatic heterocycles. The molecule has 0 amide bonds. The van der Waals surface area contributed by atoms with Crippen LogP contribution in [0, 0.1) is 0 Å². The van der Waals surface area contributed by atoms with E-state index in [1.54, 1.807) is 0 Å². The number of hydrogen-bond donors (Lipinski definition) is 2. The number of aliphatic hydroxyl groups excluding tert-OH is 1. The maximum absolute atomic E-state index is 13.0. The van der Waals surface area contributed by atoms with Gasteiger partial charge < -0.3 is 24.2 Å². The summed E-state index contributed by atoms with van der Waals surface area (Å²) >= 11 is 0. The Kier molecular flexibility index (Phi) is 57.2. The van der Waals surface area contributed by atoms with Gasteiger partial charge >= 0.3 is 25.7 Å². The first-order valence-corrected chi connectivity index (χ1v) is 33.0. The van der Waals surface area contributed by atoms with Gasteiger partial charge in [-0.1, -0.05) is 228 Å². The summed E-state index contributed by atoms with van der Waals surface area (Å²) in [5.74, 6) is -1.51. The van der Waals surface area contributed by atoms with E-state index in [2.05, 4.69) is 106 Å². The van der Waals surface area contributed by atoms with Crippen LogP contribution in [0.4, 0.5) is 0 Å². The molecule has 2 N–H and O–H groups in total. The van der Waals surface area contributed by atoms with Gasteiger partial charge in [0.25, 0.3) is 0 Å². The molecule has 0 bridgehead atoms. The predicted molar refractivity (Wildman–Crippen MR) is 325 cm³/mol. The lowest BCUT2D eigenvalue weighted by molar-refractivity contribution is -0.161. The van der Waals surface area contributed by atoms with Gasteiger partial charge in [0.15, 0.2) is 6.10 Å². The van der Waals surface area contributed by atoms with Gasteiger partial charge in [0.2, 0.25) is 0 Å². The Morgan fingerprint density at radius 3 is 1.08 bits per heavy atom. The minimum Gasteiger partial charge on any atom is -0.462 e. The molecule has 3 atom stereocenters. The molecule has 0 spiro atoms. The quantitative estimate of drug-likeness (QED) is 0.0197. The fraction of sp³-hybridized carbons (Fsp3) is 0.742. The Balaban J connectivity index is 4.75. The van der Waals surface area contributed by atoms with Crippen LogP contribution in [0.1, 0.15) is 278 Å². The summed E-state index contributed by atoms with van der Waals surface area (Å²) in [6.45, 7) is 4.47. The van der Waals surface area contributed by atoms with Gasteiger partial charge in [0, 0.05) is 19.3 Å². The lowest BCUT2D eigenvalue weighted by Crippen LogP contribution is -2.30. The number of esters is 3. The van der Waals surface area contributed by atoms with Crippen molar-refractivity contribution >= 4 is 25.7 Å². The average Bonchev–Trinajstić information content (AvgIpc) is 3.43. The number of unbranched alkanes of at least 4 members (excludes halogenated alkanes) is 27. The first kappa shape index (κ1) is 74.7. The SMILES string of the molecule is CC/C=C\C/C=C\C/C=C\CCCCCC(=O)OC(CO)COP(=O)(O)OCC(COC(=O)CCCCCCCC/C=C\C/C=C\C/C=C\CCCCC)OC(=O)CCCCCCCCCCC/C=C\CCCCCCCC. The van der Waals surface area contributed by atoms with E-state index < -0.39 is 57.8 Å². The Morgan fingerprint density at radius 2 is 0.667 bits per heavy atom. The summed E-state index contributed by atoms with van der Waals surface area (Å²) in [5.41, 5.74) is 0. The first-order chi connectivity index (χ1) is 38.2. The second-order valence-corrected chi connectivity index (χ2v) is 22.3. The Labute approximate surface area is 477 Å². The normalized spacial score (nSPS) is 13.9. The third-order valence-electron chi connectivity index (χ3n) is 13.3. The molecule has 0 fully saturated rings. The zero-order valence-corrected chi connectivity index (χ0v) is 50.8. The highest BCUT2D eigenvalue weighted by Gasteiger charge is 2.28. The molecule has 0 radical (unpaired) electrons. The van der Waals surface area contributed by atoms with E-state index in [0.29, 0.717) is 19.3 Å². The number of phosphoric acid groups is 1. The summed E-state index contributed by atoms with van der Waals surface area (Å²) in [6.07, 6.45) is 69.7. The minimum atomic E-state index is -4.77. The average molecular weight is 1120 g/mol. The van der Waals surface area contributed by atoms with Crippen molar-refractivity contribution in [2.75, 3.05) is 26.4 Å². The molecule has 0 aromatic heterocycles. The molecule has 3 unspecified atom stereocenters. The topological polar surface area (TPSA) is 155 Å². The van der Waals surface area contributed by atoms with Crippen LogP contribution in [-0.4, -0.2) is 66.5 Å². The van der Waals surface area contributed by atoms with Crippen LogP contribution in [0.15, 0.2) is 85.1 Å². The molecule has 0 aliphatic rings. The van der Waals surface area contributed by atoms with Crippen LogP contribution in [-0.2, 0) is 42.2 Å². The maximum Gasteiger partial charge on any atom is 0.472 e. The van der Waals surface area contributed by atoms with E-state index >= 15 is 0 Å². The van der Waals surface area contributed by atoms with Crippen molar-refractivity contribution < 1.29 is 52.2 Å². The Morgan fingerprint density at radius 1 is 0.372 bits per heavy atom. The number of allylic oxidation sites excluding steroid dienone is 14. The van der Waals surface area contributed by atoms with Gasteiger partial charge in [-0.25, -0.2) is 4.57 Å². The van der Waals surface area contributed by atoms with E-state index in [9.17, 15) is 28.9 Å². The van der Waals surface area contributed by atoms with Crippen LogP contribution in [0.2, 0.25) is 0 Å². The molecular formula is C66H115O11P. The third-order valence-corrected chi connectivity index (χ3v) is 14.2. The zero-order valence-electron chi connectivity index (χ0n) is 49.9. The molecule has 0 saturated carbocycles. The molecule has 11 nitrogen and oxygen atoms in total. The lowest BCUT2D eigenvalue weighted by atomic mass is 10.1. The van der Waals surface area contributed by atoms with Crippen molar-refractivity contribution in [1.82, 2.24) is 0 Å². The Hall–Kier alpha value is -3.34. The minimum absolute atomic E-state index is 0.139. The summed E-state index contributed by atoms with van der Waals surface area (Å²) in [4.78, 5) is 48.7. The summed E-state index contributed by atoms with van der Waals surface area (Å²) < 4.78 is 39.6. The van der Waals surface area contributed by atoms with Crippen LogP contribution >= 0.6 is 7.82 Å². The van der Waals surface area contributed by atoms with Crippen molar-refractivity contribution in [3.05, 3.63) is 85.1 Å². The van der Waals surface area contributed by atoms with Gasteiger partial charge in [0.05, 0.1) is 19.8 Å². The van der Waals surface area contributed by atoms with E-state index in [4.69, 9.17) is 23.3 Å². The van der Waals surface area contributed by atoms with Gasteiger partial charge in [-0.2, -0.15) is 0 Å². The van der Waals surface area contributed by atoms with Gasteiger partial charge in [0.1, 0.15) is 12.7 Å². The molecule has 0 aliphatic carbocycles. The number of ether oxygens (including phenoxy) is 3. The van der Waals surface area contributed by atoms with E-state index in [1.165, 1.54) is 109 Å². The second kappa shape index (κ2) is 59.8. The smallest absolute Gasteiger partial charge is 0.462 e. The monoisotopic (exact) mass is 1110 g/mol. The van der Waals surface area contributed by atoms with E-state index in [0.717, 1.165) is 109 Å². The molecule has 78 heavy (non-hydrogen) atoms. The third kappa shape index (κ3) is 57.3. The van der Waals surface area contributed by atoms with Gasteiger partial charge in [-0.3, -0.25) is 23.4 Å². The molecule has 450 valence electrons. The van der Waals surface area contributed by atoms with Crippen LogP contribution in [0.5, 0.6) is 0 Å². The molecule has 12 heteroatoms. The number of hydrogen-bond acceptors (Lipinski definition) is 10. The van der Waals surface area contributed by atoms with Gasteiger partial charge in [-0.15, -0.1) is 0 Å². The largest absolute Gasteiger partial charge is 0.472 e. The molecule has 0 heterocycles. The fourth-order valence-corrected chi connectivity index (χ4v) is 9.27. The van der Waals surface area contributed by atoms with Gasteiger partial charge in [-0.05, 0) is 116 Å². The molecule has 0 aromatic rings. The van der Waals surface area contributed by atoms with Crippen LogP contribution < -0.4 is 0 Å². The lowest BCUT2D eigenvalue weighted by Gasteiger charge is -2.21. The van der Waals surface area contributed by atoms with Crippen molar-refractivity contribution in [2.24, 2.45) is 0 Å². The first-order valence-electron chi connectivity index (χ1n) is 31.5. The standard InChI is InChI=1S/C66H115O11P/c1-4-7-10-13-16-19-22-25-27-29-31-33-35-38-40-43-46-49-52-55-64(68)73-59-63(77-66(70)57-54-51-48-45-42-39-36-34-32-30-28-26-23-20-17-14-11-8-5-2)61-75-78(71,72)74-60-62(58-67)76-65(69)56-53-50-47-44-41-37-24-21-18-15-12-9-6-3/h9,12,16,18-19,21,25-28,31,33,37,41,62-63,67H,4-8,10-11,13-15,17,20,22-24,29-30,32,34-36,38-40,42-61H2,1-3H3,(H,71,72)/b12-9-,19-16-,21-18-,27-25-,28-26-,33-31-,41-37-. The zero-order chi connectivity index (χ0) is 56.9. The number of aliphatic hydroxyl groups is 1. The maximum atomic E-state index is 13.0. The highest BCUT2D eigenvalue weighted by molar-refractivity contribution is 7.47. The number of rotatable bonds is 58. The summed E-state index contributed by atoms with van der Waals surface area (Å²) in [7, 11) is -4.77. The van der Waals surface area contributed by atoms with Crippen molar-refractivity contribution in [2.45, 2.75) is 290 Å². The Bertz CT molecular complexity index is 1630. The van der Waals surface area contributed by atoms with Crippen LogP contribution in [0.3, 0.4) is 0 Å². The van der Waals surface area contributed by atoms with E-state index in [-0.39, 0.29) is 25.9 Å². The highest BCUT2D eigenvalue weighted by Crippen LogP contribution is 2.43. The fourth-order valence-electron chi connectivity index (χ4n) is 8.49. The number of carbonyl (C=O) groups is 3. The van der Waals surface area contributed by atoms with Crippen molar-refractivity contribution in [3.8, 4) is 0 Å².